The van der Waals surface area contributed by atoms with Crippen molar-refractivity contribution in [3.05, 3.63) is 17.7 Å². The molecule has 0 saturated carbocycles. The molecule has 0 bridgehead atoms. The Morgan fingerprint density at radius 3 is 2.75 bits per heavy atom. The van der Waals surface area contributed by atoms with Gasteiger partial charge in [0.25, 0.3) is 0 Å². The van der Waals surface area contributed by atoms with E-state index in [9.17, 15) is 0 Å². The molecule has 0 fully saturated rings. The number of benzene rings is 1. The Balaban J connectivity index is 2.93. The molecule has 0 aliphatic rings. The lowest BCUT2D eigenvalue weighted by Gasteiger charge is -1.96. The summed E-state index contributed by atoms with van der Waals surface area (Å²) in [4.78, 5) is 4.19. The third kappa shape index (κ3) is 0.921. The smallest absolute Gasteiger partial charge is 0.181 e. The van der Waals surface area contributed by atoms with E-state index in [2.05, 4.69) is 4.98 Å². The minimum Gasteiger partial charge on any atom is -0.398 e. The summed E-state index contributed by atoms with van der Waals surface area (Å²) in [7, 11) is 0. The van der Waals surface area contributed by atoms with Crippen molar-refractivity contribution in [3.8, 4) is 0 Å². The number of nitrogen functional groups attached to an aromatic ring is 2. The van der Waals surface area contributed by atoms with Crippen LogP contribution in [0.15, 0.2) is 12.1 Å². The van der Waals surface area contributed by atoms with Crippen LogP contribution in [-0.4, -0.2) is 4.98 Å². The first-order chi connectivity index (χ1) is 5.68. The number of aromatic nitrogens is 1. The van der Waals surface area contributed by atoms with E-state index in [-0.39, 0.29) is 0 Å². The molecule has 1 heterocycles. The van der Waals surface area contributed by atoms with E-state index in [1.165, 1.54) is 11.3 Å². The molecule has 1 aromatic heterocycles. The molecule has 0 atom stereocenters. The van der Waals surface area contributed by atoms with Crippen molar-refractivity contribution < 1.29 is 0 Å². The predicted octanol–water partition coefficient (Wildman–Crippen LogP) is 1.77. The minimum absolute atomic E-state index is 0.575. The van der Waals surface area contributed by atoms with Gasteiger partial charge in [0.2, 0.25) is 0 Å². The van der Waals surface area contributed by atoms with Gasteiger partial charge in [0.05, 0.1) is 15.9 Å². The predicted molar refractivity (Wildman–Crippen MR) is 53.2 cm³/mol. The molecule has 4 N–H and O–H groups in total. The summed E-state index contributed by atoms with van der Waals surface area (Å²) >= 11 is 1.43. The van der Waals surface area contributed by atoms with Gasteiger partial charge in [-0.15, -0.1) is 0 Å². The standard InChI is InChI=1S/C8H9N3S/c1-4-2-3-5(9)7-6(4)11-8(10)12-7/h2-3H,9H2,1H3,(H2,10,11). The molecular weight excluding hydrogens is 170 g/mol. The van der Waals surface area contributed by atoms with Crippen molar-refractivity contribution in [1.29, 1.82) is 0 Å². The molecule has 3 nitrogen and oxygen atoms in total. The molecule has 12 heavy (non-hydrogen) atoms. The molecule has 62 valence electrons. The maximum absolute atomic E-state index is 5.75. The Kier molecular flexibility index (Phi) is 1.44. The van der Waals surface area contributed by atoms with Crippen molar-refractivity contribution in [1.82, 2.24) is 4.98 Å². The Labute approximate surface area is 74.0 Å². The molecule has 1 aromatic carbocycles. The first kappa shape index (κ1) is 7.36. The second kappa shape index (κ2) is 2.35. The molecule has 0 aliphatic carbocycles. The van der Waals surface area contributed by atoms with Crippen LogP contribution >= 0.6 is 11.3 Å². The van der Waals surface area contributed by atoms with Gasteiger partial charge in [-0.05, 0) is 18.6 Å². The zero-order chi connectivity index (χ0) is 8.72. The summed E-state index contributed by atoms with van der Waals surface area (Å²) in [5.74, 6) is 0. The van der Waals surface area contributed by atoms with Crippen molar-refractivity contribution in [2.45, 2.75) is 6.92 Å². The van der Waals surface area contributed by atoms with Crippen LogP contribution in [0, 0.1) is 6.92 Å². The van der Waals surface area contributed by atoms with Gasteiger partial charge < -0.3 is 11.5 Å². The van der Waals surface area contributed by atoms with Gasteiger partial charge in [0, 0.05) is 0 Å². The topological polar surface area (TPSA) is 64.9 Å². The molecule has 0 unspecified atom stereocenters. The minimum atomic E-state index is 0.575. The lowest BCUT2D eigenvalue weighted by Crippen LogP contribution is -1.85. The van der Waals surface area contributed by atoms with Gasteiger partial charge in [0.15, 0.2) is 5.13 Å². The highest BCUT2D eigenvalue weighted by Crippen LogP contribution is 2.30. The van der Waals surface area contributed by atoms with Crippen LogP contribution in [0.2, 0.25) is 0 Å². The number of nitrogens with zero attached hydrogens (tertiary/aromatic N) is 1. The molecule has 0 amide bonds. The molecule has 4 heteroatoms. The van der Waals surface area contributed by atoms with Crippen LogP contribution in [0.4, 0.5) is 10.8 Å². The maximum atomic E-state index is 5.75. The Hall–Kier alpha value is -1.29. The number of anilines is 2. The van der Waals surface area contributed by atoms with Crippen LogP contribution in [0.3, 0.4) is 0 Å². The van der Waals surface area contributed by atoms with Crippen molar-refractivity contribution >= 4 is 32.4 Å². The summed E-state index contributed by atoms with van der Waals surface area (Å²) in [6.45, 7) is 2.00. The highest BCUT2D eigenvalue weighted by Gasteiger charge is 2.05. The highest BCUT2D eigenvalue weighted by atomic mass is 32.1. The fraction of sp³-hybridized carbons (Fsp3) is 0.125. The van der Waals surface area contributed by atoms with Crippen LogP contribution in [0.1, 0.15) is 5.56 Å². The number of hydrogen-bond acceptors (Lipinski definition) is 4. The molecule has 0 aliphatic heterocycles. The van der Waals surface area contributed by atoms with Gasteiger partial charge in [0.1, 0.15) is 0 Å². The third-order valence-electron chi connectivity index (χ3n) is 1.79. The summed E-state index contributed by atoms with van der Waals surface area (Å²) < 4.78 is 0.993. The number of fused-ring (bicyclic) bond motifs is 1. The van der Waals surface area contributed by atoms with E-state index in [1.807, 2.05) is 19.1 Å². The van der Waals surface area contributed by atoms with E-state index in [4.69, 9.17) is 11.5 Å². The van der Waals surface area contributed by atoms with Crippen LogP contribution in [-0.2, 0) is 0 Å². The number of aryl methyl sites for hydroxylation is 1. The third-order valence-corrected chi connectivity index (χ3v) is 2.73. The highest BCUT2D eigenvalue weighted by molar-refractivity contribution is 7.22. The lowest BCUT2D eigenvalue weighted by atomic mass is 10.2. The maximum Gasteiger partial charge on any atom is 0.181 e. The normalized spacial score (nSPS) is 10.8. The van der Waals surface area contributed by atoms with Gasteiger partial charge in [-0.1, -0.05) is 17.4 Å². The van der Waals surface area contributed by atoms with Crippen molar-refractivity contribution in [2.24, 2.45) is 0 Å². The molecule has 0 spiro atoms. The monoisotopic (exact) mass is 179 g/mol. The summed E-state index contributed by atoms with van der Waals surface area (Å²) in [6.07, 6.45) is 0. The van der Waals surface area contributed by atoms with Crippen LogP contribution in [0.5, 0.6) is 0 Å². The van der Waals surface area contributed by atoms with Gasteiger partial charge in [-0.3, -0.25) is 0 Å². The molecule has 0 saturated heterocycles. The summed E-state index contributed by atoms with van der Waals surface area (Å²) in [6, 6.07) is 3.84. The Morgan fingerprint density at radius 2 is 2.08 bits per heavy atom. The van der Waals surface area contributed by atoms with E-state index in [0.717, 1.165) is 21.5 Å². The SMILES string of the molecule is Cc1ccc(N)c2sc(N)nc12. The van der Waals surface area contributed by atoms with E-state index in [0.29, 0.717) is 5.13 Å². The quantitative estimate of drug-likeness (QED) is 0.606. The van der Waals surface area contributed by atoms with Crippen LogP contribution < -0.4 is 11.5 Å². The molecule has 2 aromatic rings. The second-order valence-electron chi connectivity index (χ2n) is 2.70. The average molecular weight is 179 g/mol. The first-order valence-electron chi connectivity index (χ1n) is 3.59. The van der Waals surface area contributed by atoms with Crippen LogP contribution in [0.25, 0.3) is 10.2 Å². The largest absolute Gasteiger partial charge is 0.398 e. The molecule has 2 rings (SSSR count). The van der Waals surface area contributed by atoms with E-state index < -0.39 is 0 Å². The fourth-order valence-corrected chi connectivity index (χ4v) is 2.00. The zero-order valence-corrected chi connectivity index (χ0v) is 7.48. The summed E-state index contributed by atoms with van der Waals surface area (Å²) in [5.41, 5.74) is 14.1. The number of nitrogens with two attached hydrogens (primary N) is 2. The van der Waals surface area contributed by atoms with Crippen molar-refractivity contribution in [2.75, 3.05) is 11.5 Å². The first-order valence-corrected chi connectivity index (χ1v) is 4.41. The zero-order valence-electron chi connectivity index (χ0n) is 6.66. The summed E-state index contributed by atoms with van der Waals surface area (Å²) in [5, 5.41) is 0.575. The fourth-order valence-electron chi connectivity index (χ4n) is 1.17. The number of rotatable bonds is 0. The van der Waals surface area contributed by atoms with Gasteiger partial charge >= 0.3 is 0 Å². The number of hydrogen-bond donors (Lipinski definition) is 2. The molecule has 0 radical (unpaired) electrons. The average Bonchev–Trinajstić information content (AvgIpc) is 2.41. The Bertz CT molecular complexity index is 394. The van der Waals surface area contributed by atoms with Gasteiger partial charge in [-0.2, -0.15) is 0 Å². The number of thiazole rings is 1. The van der Waals surface area contributed by atoms with Crippen molar-refractivity contribution in [3.63, 3.8) is 0 Å². The molecular formula is C8H9N3S. The lowest BCUT2D eigenvalue weighted by molar-refractivity contribution is 1.43. The van der Waals surface area contributed by atoms with Gasteiger partial charge in [-0.25, -0.2) is 4.98 Å². The van der Waals surface area contributed by atoms with E-state index >= 15 is 0 Å². The van der Waals surface area contributed by atoms with E-state index in [1.54, 1.807) is 0 Å². The Morgan fingerprint density at radius 1 is 1.33 bits per heavy atom. The second-order valence-corrected chi connectivity index (χ2v) is 3.73.